The summed E-state index contributed by atoms with van der Waals surface area (Å²) in [5, 5.41) is 0. The van der Waals surface area contributed by atoms with Crippen LogP contribution in [0.5, 0.6) is 5.88 Å². The molecule has 25 heavy (non-hydrogen) atoms. The van der Waals surface area contributed by atoms with Crippen LogP contribution in [0.1, 0.15) is 82.2 Å². The first-order chi connectivity index (χ1) is 11.9. The zero-order chi connectivity index (χ0) is 17.8. The molecule has 1 aromatic rings. The topological polar surface area (TPSA) is 54.5 Å². The third-order valence-corrected chi connectivity index (χ3v) is 6.04. The highest BCUT2D eigenvalue weighted by Gasteiger charge is 2.47. The van der Waals surface area contributed by atoms with E-state index in [0.717, 1.165) is 48.9 Å². The number of aryl methyl sites for hydroxylation is 1. The molecule has 1 aromatic heterocycles. The van der Waals surface area contributed by atoms with E-state index in [-0.39, 0.29) is 23.0 Å². The summed E-state index contributed by atoms with van der Waals surface area (Å²) in [5.74, 6) is 1.18. The Balaban J connectivity index is 1.93. The summed E-state index contributed by atoms with van der Waals surface area (Å²) >= 11 is 0. The first-order valence-corrected chi connectivity index (χ1v) is 9.59. The van der Waals surface area contributed by atoms with Gasteiger partial charge in [0.2, 0.25) is 0 Å². The first-order valence-electron chi connectivity index (χ1n) is 9.59. The fourth-order valence-electron chi connectivity index (χ4n) is 4.83. The minimum Gasteiger partial charge on any atom is -0.472 e. The minimum atomic E-state index is -0.272. The predicted molar refractivity (Wildman–Crippen MR) is 101 cm³/mol. The number of hydrogen-bond donors (Lipinski definition) is 1. The maximum Gasteiger partial charge on any atom is 0.199 e. The Morgan fingerprint density at radius 2 is 2.16 bits per heavy atom. The number of fused-ring (bicyclic) bond motifs is 3. The largest absolute Gasteiger partial charge is 0.472 e. The fraction of sp³-hybridized carbons (Fsp3) is 0.619. The van der Waals surface area contributed by atoms with Crippen molar-refractivity contribution in [3.63, 3.8) is 0 Å². The molecule has 4 nitrogen and oxygen atoms in total. The molecule has 2 aliphatic heterocycles. The minimum absolute atomic E-state index is 0.00969. The molecule has 3 atom stereocenters. The molecule has 0 amide bonds. The number of H-pyrrole nitrogens is 1. The number of rotatable bonds is 3. The fourth-order valence-corrected chi connectivity index (χ4v) is 4.83. The average Bonchev–Trinajstić information content (AvgIpc) is 3.16. The molecular weight excluding hydrogens is 312 g/mol. The molecule has 1 N–H and O–H groups in total. The number of aromatic nitrogens is 1. The summed E-state index contributed by atoms with van der Waals surface area (Å²) in [4.78, 5) is 21.6. The number of nitrogens with one attached hydrogen (secondary N) is 1. The molecule has 0 spiro atoms. The lowest BCUT2D eigenvalue weighted by Crippen LogP contribution is -2.45. The van der Waals surface area contributed by atoms with Gasteiger partial charge in [-0.1, -0.05) is 25.0 Å². The lowest BCUT2D eigenvalue weighted by atomic mass is 9.75. The highest BCUT2D eigenvalue weighted by Crippen LogP contribution is 2.50. The maximum absolute atomic E-state index is 13.6. The lowest BCUT2D eigenvalue weighted by molar-refractivity contribution is 0.0176. The SMILES string of the molecule is CCCc1[nH]c2c(c(=O)c1C1CCC=N1)C1C=C(C)CC1C(C)(C)O2. The smallest absolute Gasteiger partial charge is 0.199 e. The molecule has 3 unspecified atom stereocenters. The van der Waals surface area contributed by atoms with Crippen molar-refractivity contribution in [2.75, 3.05) is 0 Å². The second-order valence-corrected chi connectivity index (χ2v) is 8.32. The Labute approximate surface area is 149 Å². The third kappa shape index (κ3) is 2.57. The molecule has 0 saturated heterocycles. The molecule has 4 heteroatoms. The molecule has 4 rings (SSSR count). The van der Waals surface area contributed by atoms with Gasteiger partial charge >= 0.3 is 0 Å². The standard InChI is InChI=1S/C21H28N2O2/c1-5-7-16-18(15-8-6-9-22-15)19(24)17-13-10-12(2)11-14(13)21(3,4)25-20(17)23-16/h9-10,13-15H,5-8,11H2,1-4H3,(H,23,24). The highest BCUT2D eigenvalue weighted by atomic mass is 16.5. The Kier molecular flexibility index (Phi) is 3.89. The van der Waals surface area contributed by atoms with Gasteiger partial charge in [-0.15, -0.1) is 0 Å². The van der Waals surface area contributed by atoms with Gasteiger partial charge in [-0.2, -0.15) is 0 Å². The van der Waals surface area contributed by atoms with Crippen LogP contribution in [0.4, 0.5) is 0 Å². The summed E-state index contributed by atoms with van der Waals surface area (Å²) < 4.78 is 6.34. The number of pyridine rings is 1. The first kappa shape index (κ1) is 16.6. The van der Waals surface area contributed by atoms with Gasteiger partial charge in [0.05, 0.1) is 11.6 Å². The molecule has 0 aromatic carbocycles. The van der Waals surface area contributed by atoms with Gasteiger partial charge in [0.1, 0.15) is 5.60 Å². The van der Waals surface area contributed by atoms with E-state index in [1.54, 1.807) is 0 Å². The normalized spacial score (nSPS) is 29.1. The van der Waals surface area contributed by atoms with Crippen LogP contribution in [0.2, 0.25) is 0 Å². The average molecular weight is 340 g/mol. The van der Waals surface area contributed by atoms with Crippen LogP contribution in [-0.4, -0.2) is 16.8 Å². The summed E-state index contributed by atoms with van der Waals surface area (Å²) in [5.41, 5.74) is 3.98. The molecular formula is C21H28N2O2. The summed E-state index contributed by atoms with van der Waals surface area (Å²) in [6.07, 6.45) is 8.99. The Bertz CT molecular complexity index is 816. The summed E-state index contributed by atoms with van der Waals surface area (Å²) in [6, 6.07) is 0.00969. The molecule has 0 bridgehead atoms. The molecule has 3 heterocycles. The van der Waals surface area contributed by atoms with Gasteiger partial charge in [0.15, 0.2) is 11.3 Å². The molecule has 134 valence electrons. The van der Waals surface area contributed by atoms with Crippen molar-refractivity contribution in [3.8, 4) is 5.88 Å². The van der Waals surface area contributed by atoms with E-state index in [4.69, 9.17) is 4.74 Å². The number of aliphatic imine (C=N–C) groups is 1. The van der Waals surface area contributed by atoms with Gasteiger partial charge in [-0.3, -0.25) is 9.79 Å². The van der Waals surface area contributed by atoms with Crippen molar-refractivity contribution < 1.29 is 4.74 Å². The number of hydrogen-bond acceptors (Lipinski definition) is 3. The monoisotopic (exact) mass is 340 g/mol. The summed E-state index contributed by atoms with van der Waals surface area (Å²) in [7, 11) is 0. The van der Waals surface area contributed by atoms with E-state index in [1.807, 2.05) is 6.21 Å². The molecule has 3 aliphatic rings. The van der Waals surface area contributed by atoms with Crippen LogP contribution in [-0.2, 0) is 6.42 Å². The van der Waals surface area contributed by atoms with Crippen molar-refractivity contribution in [1.29, 1.82) is 0 Å². The molecule has 0 fully saturated rings. The highest BCUT2D eigenvalue weighted by molar-refractivity contribution is 5.61. The Hall–Kier alpha value is -1.84. The van der Waals surface area contributed by atoms with Crippen molar-refractivity contribution in [1.82, 2.24) is 4.98 Å². The second kappa shape index (κ2) is 5.86. The van der Waals surface area contributed by atoms with Crippen LogP contribution >= 0.6 is 0 Å². The van der Waals surface area contributed by atoms with Crippen molar-refractivity contribution >= 4 is 6.21 Å². The van der Waals surface area contributed by atoms with E-state index < -0.39 is 0 Å². The molecule has 0 radical (unpaired) electrons. The number of allylic oxidation sites excluding steroid dienone is 2. The van der Waals surface area contributed by atoms with Gasteiger partial charge in [0.25, 0.3) is 0 Å². The Morgan fingerprint density at radius 1 is 1.36 bits per heavy atom. The van der Waals surface area contributed by atoms with Crippen molar-refractivity contribution in [3.05, 3.63) is 38.7 Å². The summed E-state index contributed by atoms with van der Waals surface area (Å²) in [6.45, 7) is 8.60. The van der Waals surface area contributed by atoms with Crippen molar-refractivity contribution in [2.24, 2.45) is 10.9 Å². The van der Waals surface area contributed by atoms with Gasteiger partial charge in [-0.05, 0) is 52.7 Å². The quantitative estimate of drug-likeness (QED) is 0.826. The van der Waals surface area contributed by atoms with Gasteiger partial charge in [-0.25, -0.2) is 0 Å². The predicted octanol–water partition coefficient (Wildman–Crippen LogP) is 4.45. The van der Waals surface area contributed by atoms with Crippen LogP contribution in [0, 0.1) is 5.92 Å². The zero-order valence-corrected chi connectivity index (χ0v) is 15.7. The molecule has 1 aliphatic carbocycles. The maximum atomic E-state index is 13.6. The lowest BCUT2D eigenvalue weighted by Gasteiger charge is -2.41. The number of nitrogens with zero attached hydrogens (tertiary/aromatic N) is 1. The van der Waals surface area contributed by atoms with E-state index in [1.165, 1.54) is 5.57 Å². The van der Waals surface area contributed by atoms with Crippen LogP contribution in [0.3, 0.4) is 0 Å². The van der Waals surface area contributed by atoms with E-state index in [0.29, 0.717) is 11.8 Å². The zero-order valence-electron chi connectivity index (χ0n) is 15.7. The number of aromatic amines is 1. The van der Waals surface area contributed by atoms with Crippen LogP contribution < -0.4 is 10.2 Å². The van der Waals surface area contributed by atoms with Crippen LogP contribution in [0.25, 0.3) is 0 Å². The van der Waals surface area contributed by atoms with E-state index in [2.05, 4.69) is 43.7 Å². The van der Waals surface area contributed by atoms with Gasteiger partial charge in [0, 0.05) is 23.1 Å². The van der Waals surface area contributed by atoms with E-state index in [9.17, 15) is 4.79 Å². The Morgan fingerprint density at radius 3 is 2.84 bits per heavy atom. The van der Waals surface area contributed by atoms with E-state index >= 15 is 0 Å². The van der Waals surface area contributed by atoms with Crippen LogP contribution in [0.15, 0.2) is 21.4 Å². The second-order valence-electron chi connectivity index (χ2n) is 8.32. The van der Waals surface area contributed by atoms with Gasteiger partial charge < -0.3 is 9.72 Å². The number of ether oxygens (including phenoxy) is 1. The molecule has 0 saturated carbocycles. The third-order valence-electron chi connectivity index (χ3n) is 6.04. The van der Waals surface area contributed by atoms with Crippen molar-refractivity contribution in [2.45, 2.75) is 77.4 Å².